The van der Waals surface area contributed by atoms with E-state index in [-0.39, 0.29) is 6.04 Å². The first-order valence-electron chi connectivity index (χ1n) is 5.71. The molecule has 1 fully saturated rings. The molecule has 2 rings (SSSR count). The van der Waals surface area contributed by atoms with E-state index in [9.17, 15) is 0 Å². The van der Waals surface area contributed by atoms with Crippen LogP contribution in [0.15, 0.2) is 10.5 Å². The first-order chi connectivity index (χ1) is 7.19. The van der Waals surface area contributed by atoms with Gasteiger partial charge in [0.1, 0.15) is 0 Å². The SMILES string of the molecule is Cc1sc(C(N)C2C(C)(C)C2(C)C)cc1Br. The van der Waals surface area contributed by atoms with Crippen molar-refractivity contribution >= 4 is 27.3 Å². The molecule has 0 radical (unpaired) electrons. The van der Waals surface area contributed by atoms with Gasteiger partial charge in [-0.2, -0.15) is 0 Å². The highest BCUT2D eigenvalue weighted by atomic mass is 79.9. The number of nitrogens with two attached hydrogens (primary N) is 1. The molecule has 16 heavy (non-hydrogen) atoms. The van der Waals surface area contributed by atoms with Crippen LogP contribution in [0.1, 0.15) is 43.5 Å². The maximum absolute atomic E-state index is 6.42. The Kier molecular flexibility index (Phi) is 2.81. The standard InChI is InChI=1S/C13H20BrNS/c1-7-8(14)6-9(16-7)10(15)11-12(2,3)13(11,4)5/h6,10-11H,15H2,1-5H3. The van der Waals surface area contributed by atoms with Gasteiger partial charge in [0.15, 0.2) is 0 Å². The first-order valence-corrected chi connectivity index (χ1v) is 7.32. The van der Waals surface area contributed by atoms with Gasteiger partial charge in [-0.05, 0) is 45.7 Å². The third kappa shape index (κ3) is 1.59. The van der Waals surface area contributed by atoms with Crippen LogP contribution in [0.3, 0.4) is 0 Å². The fraction of sp³-hybridized carbons (Fsp3) is 0.692. The second kappa shape index (κ2) is 3.56. The van der Waals surface area contributed by atoms with Crippen LogP contribution in [0, 0.1) is 23.7 Å². The average molecular weight is 302 g/mol. The van der Waals surface area contributed by atoms with Gasteiger partial charge < -0.3 is 5.73 Å². The van der Waals surface area contributed by atoms with Gasteiger partial charge in [0.05, 0.1) is 0 Å². The van der Waals surface area contributed by atoms with E-state index in [1.807, 2.05) is 11.3 Å². The molecule has 1 aromatic rings. The van der Waals surface area contributed by atoms with E-state index in [0.29, 0.717) is 16.7 Å². The van der Waals surface area contributed by atoms with Gasteiger partial charge in [-0.25, -0.2) is 0 Å². The van der Waals surface area contributed by atoms with Crippen molar-refractivity contribution in [1.82, 2.24) is 0 Å². The third-order valence-corrected chi connectivity index (χ3v) is 6.93. The van der Waals surface area contributed by atoms with Gasteiger partial charge >= 0.3 is 0 Å². The van der Waals surface area contributed by atoms with Gasteiger partial charge in [0, 0.05) is 20.3 Å². The number of hydrogen-bond acceptors (Lipinski definition) is 2. The lowest BCUT2D eigenvalue weighted by Crippen LogP contribution is -2.15. The molecule has 0 spiro atoms. The maximum Gasteiger partial charge on any atom is 0.0429 e. The van der Waals surface area contributed by atoms with E-state index in [1.54, 1.807) is 0 Å². The molecule has 1 heterocycles. The van der Waals surface area contributed by atoms with Gasteiger partial charge in [0.2, 0.25) is 0 Å². The fourth-order valence-electron chi connectivity index (χ4n) is 2.96. The van der Waals surface area contributed by atoms with Crippen molar-refractivity contribution in [1.29, 1.82) is 0 Å². The van der Waals surface area contributed by atoms with Crippen LogP contribution in [0.2, 0.25) is 0 Å². The topological polar surface area (TPSA) is 26.0 Å². The summed E-state index contributed by atoms with van der Waals surface area (Å²) < 4.78 is 1.19. The summed E-state index contributed by atoms with van der Waals surface area (Å²) in [4.78, 5) is 2.63. The second-order valence-corrected chi connectivity index (χ2v) is 8.14. The molecule has 1 saturated carbocycles. The molecule has 1 aliphatic rings. The zero-order valence-electron chi connectivity index (χ0n) is 10.6. The Morgan fingerprint density at radius 3 is 2.12 bits per heavy atom. The highest BCUT2D eigenvalue weighted by Crippen LogP contribution is 2.72. The lowest BCUT2D eigenvalue weighted by Gasteiger charge is -2.11. The van der Waals surface area contributed by atoms with Crippen molar-refractivity contribution in [3.63, 3.8) is 0 Å². The van der Waals surface area contributed by atoms with Crippen LogP contribution in [0.4, 0.5) is 0 Å². The normalized spacial score (nSPS) is 24.4. The van der Waals surface area contributed by atoms with Crippen molar-refractivity contribution in [3.8, 4) is 0 Å². The first kappa shape index (κ1) is 12.6. The molecule has 0 saturated heterocycles. The van der Waals surface area contributed by atoms with Gasteiger partial charge in [-0.15, -0.1) is 11.3 Å². The Bertz CT molecular complexity index is 386. The van der Waals surface area contributed by atoms with E-state index in [2.05, 4.69) is 56.6 Å². The van der Waals surface area contributed by atoms with Crippen LogP contribution in [-0.4, -0.2) is 0 Å². The molecule has 1 aliphatic carbocycles. The third-order valence-electron chi connectivity index (χ3n) is 4.70. The summed E-state index contributed by atoms with van der Waals surface area (Å²) in [6.07, 6.45) is 0. The predicted molar refractivity (Wildman–Crippen MR) is 74.7 cm³/mol. The molecule has 1 aromatic heterocycles. The molecule has 2 N–H and O–H groups in total. The van der Waals surface area contributed by atoms with E-state index in [4.69, 9.17) is 5.73 Å². The zero-order chi connectivity index (χ0) is 12.3. The highest BCUT2D eigenvalue weighted by Gasteiger charge is 2.66. The fourth-order valence-corrected chi connectivity index (χ4v) is 4.56. The summed E-state index contributed by atoms with van der Waals surface area (Å²) >= 11 is 5.39. The van der Waals surface area contributed by atoms with Crippen LogP contribution in [0.5, 0.6) is 0 Å². The molecule has 3 heteroatoms. The molecule has 90 valence electrons. The van der Waals surface area contributed by atoms with Crippen LogP contribution < -0.4 is 5.73 Å². The highest BCUT2D eigenvalue weighted by molar-refractivity contribution is 9.10. The summed E-state index contributed by atoms with van der Waals surface area (Å²) in [7, 11) is 0. The van der Waals surface area contributed by atoms with Crippen molar-refractivity contribution in [2.24, 2.45) is 22.5 Å². The number of thiophene rings is 1. The van der Waals surface area contributed by atoms with Crippen molar-refractivity contribution in [3.05, 3.63) is 20.3 Å². The quantitative estimate of drug-likeness (QED) is 0.855. The number of rotatable bonds is 2. The van der Waals surface area contributed by atoms with Crippen LogP contribution >= 0.6 is 27.3 Å². The minimum atomic E-state index is 0.181. The largest absolute Gasteiger partial charge is 0.323 e. The van der Waals surface area contributed by atoms with Gasteiger partial charge in [-0.1, -0.05) is 27.7 Å². The molecule has 0 bridgehead atoms. The molecule has 0 aliphatic heterocycles. The lowest BCUT2D eigenvalue weighted by molar-refractivity contribution is 0.457. The summed E-state index contributed by atoms with van der Waals surface area (Å²) in [5.74, 6) is 0.588. The van der Waals surface area contributed by atoms with Crippen molar-refractivity contribution < 1.29 is 0 Å². The van der Waals surface area contributed by atoms with Crippen molar-refractivity contribution in [2.75, 3.05) is 0 Å². The zero-order valence-corrected chi connectivity index (χ0v) is 13.0. The molecule has 1 nitrogen and oxygen atoms in total. The Balaban J connectivity index is 2.25. The van der Waals surface area contributed by atoms with E-state index in [0.717, 1.165) is 0 Å². The van der Waals surface area contributed by atoms with E-state index in [1.165, 1.54) is 14.2 Å². The summed E-state index contributed by atoms with van der Waals surface area (Å²) in [5.41, 5.74) is 7.14. The summed E-state index contributed by atoms with van der Waals surface area (Å²) in [5, 5.41) is 0. The number of hydrogen-bond donors (Lipinski definition) is 1. The van der Waals surface area contributed by atoms with E-state index >= 15 is 0 Å². The Morgan fingerprint density at radius 1 is 1.31 bits per heavy atom. The Hall–Kier alpha value is 0.140. The molecular weight excluding hydrogens is 282 g/mol. The van der Waals surface area contributed by atoms with Crippen LogP contribution in [0.25, 0.3) is 0 Å². The molecule has 0 aromatic carbocycles. The molecule has 1 unspecified atom stereocenters. The number of aryl methyl sites for hydroxylation is 1. The molecular formula is C13H20BrNS. The van der Waals surface area contributed by atoms with E-state index < -0.39 is 0 Å². The lowest BCUT2D eigenvalue weighted by atomic mass is 10.0. The average Bonchev–Trinajstić information content (AvgIpc) is 2.39. The van der Waals surface area contributed by atoms with Crippen LogP contribution in [-0.2, 0) is 0 Å². The predicted octanol–water partition coefficient (Wildman–Crippen LogP) is 4.50. The molecule has 1 atom stereocenters. The summed E-state index contributed by atoms with van der Waals surface area (Å²) in [6, 6.07) is 2.37. The monoisotopic (exact) mass is 301 g/mol. The van der Waals surface area contributed by atoms with Gasteiger partial charge in [-0.3, -0.25) is 0 Å². The minimum absolute atomic E-state index is 0.181. The molecule has 0 amide bonds. The second-order valence-electron chi connectivity index (χ2n) is 6.00. The summed E-state index contributed by atoms with van der Waals surface area (Å²) in [6.45, 7) is 11.4. The Morgan fingerprint density at radius 2 is 1.81 bits per heavy atom. The van der Waals surface area contributed by atoms with Crippen molar-refractivity contribution in [2.45, 2.75) is 40.7 Å². The smallest absolute Gasteiger partial charge is 0.0429 e. The maximum atomic E-state index is 6.42. The van der Waals surface area contributed by atoms with Gasteiger partial charge in [0.25, 0.3) is 0 Å². The Labute approximate surface area is 111 Å². The minimum Gasteiger partial charge on any atom is -0.323 e. The number of halogens is 1.